The summed E-state index contributed by atoms with van der Waals surface area (Å²) in [5.41, 5.74) is 2.24. The van der Waals surface area contributed by atoms with Crippen molar-refractivity contribution >= 4 is 22.4 Å². The Morgan fingerprint density at radius 3 is 2.43 bits per heavy atom. The molecule has 1 amide bonds. The second-order valence-corrected chi connectivity index (χ2v) is 6.70. The molecule has 0 aliphatic carbocycles. The van der Waals surface area contributed by atoms with Crippen molar-refractivity contribution in [3.05, 3.63) is 72.1 Å². The second kappa shape index (κ2) is 5.84. The molecule has 0 spiro atoms. The lowest BCUT2D eigenvalue weighted by molar-refractivity contribution is 0.102. The SMILES string of the molecule is CC(C)(C)c1cc(C(=O)Nc2ccc3ccccc3c2)ccn1. The normalized spacial score (nSPS) is 11.4. The first-order valence-corrected chi connectivity index (χ1v) is 7.70. The number of carbonyl (C=O) groups is 1. The number of benzene rings is 2. The Bertz CT molecular complexity index is 863. The zero-order chi connectivity index (χ0) is 16.4. The van der Waals surface area contributed by atoms with Gasteiger partial charge in [0, 0.05) is 28.6 Å². The van der Waals surface area contributed by atoms with Gasteiger partial charge in [0.2, 0.25) is 0 Å². The van der Waals surface area contributed by atoms with Crippen molar-refractivity contribution in [2.45, 2.75) is 26.2 Å². The van der Waals surface area contributed by atoms with Gasteiger partial charge in [-0.15, -0.1) is 0 Å². The Labute approximate surface area is 136 Å². The summed E-state index contributed by atoms with van der Waals surface area (Å²) in [4.78, 5) is 16.9. The van der Waals surface area contributed by atoms with E-state index in [1.165, 1.54) is 0 Å². The van der Waals surface area contributed by atoms with Crippen molar-refractivity contribution in [1.29, 1.82) is 0 Å². The van der Waals surface area contributed by atoms with Gasteiger partial charge >= 0.3 is 0 Å². The highest BCUT2D eigenvalue weighted by molar-refractivity contribution is 6.05. The van der Waals surface area contributed by atoms with Gasteiger partial charge in [0.15, 0.2) is 0 Å². The highest BCUT2D eigenvalue weighted by Gasteiger charge is 2.17. The number of anilines is 1. The van der Waals surface area contributed by atoms with Gasteiger partial charge in [0.1, 0.15) is 0 Å². The number of carbonyl (C=O) groups excluding carboxylic acids is 1. The van der Waals surface area contributed by atoms with Crippen molar-refractivity contribution < 1.29 is 4.79 Å². The molecular weight excluding hydrogens is 284 g/mol. The minimum absolute atomic E-state index is 0.0841. The first-order valence-electron chi connectivity index (χ1n) is 7.70. The molecule has 116 valence electrons. The lowest BCUT2D eigenvalue weighted by atomic mass is 9.91. The van der Waals surface area contributed by atoms with Crippen LogP contribution in [0.25, 0.3) is 10.8 Å². The summed E-state index contributed by atoms with van der Waals surface area (Å²) < 4.78 is 0. The van der Waals surface area contributed by atoms with Gasteiger partial charge in [-0.3, -0.25) is 9.78 Å². The summed E-state index contributed by atoms with van der Waals surface area (Å²) in [5, 5.41) is 5.23. The van der Waals surface area contributed by atoms with Crippen LogP contribution in [0.15, 0.2) is 60.8 Å². The van der Waals surface area contributed by atoms with E-state index >= 15 is 0 Å². The Morgan fingerprint density at radius 2 is 1.70 bits per heavy atom. The van der Waals surface area contributed by atoms with Gasteiger partial charge in [-0.1, -0.05) is 51.1 Å². The van der Waals surface area contributed by atoms with Crippen LogP contribution in [0, 0.1) is 0 Å². The number of amides is 1. The van der Waals surface area contributed by atoms with E-state index in [1.807, 2.05) is 42.5 Å². The lowest BCUT2D eigenvalue weighted by Gasteiger charge is -2.18. The van der Waals surface area contributed by atoms with E-state index in [4.69, 9.17) is 0 Å². The Hall–Kier alpha value is -2.68. The third-order valence-electron chi connectivity index (χ3n) is 3.80. The summed E-state index contributed by atoms with van der Waals surface area (Å²) in [7, 11) is 0. The summed E-state index contributed by atoms with van der Waals surface area (Å²) >= 11 is 0. The van der Waals surface area contributed by atoms with Crippen molar-refractivity contribution in [1.82, 2.24) is 4.98 Å². The van der Waals surface area contributed by atoms with Crippen molar-refractivity contribution in [3.63, 3.8) is 0 Å². The van der Waals surface area contributed by atoms with E-state index in [0.717, 1.165) is 22.2 Å². The number of hydrogen-bond donors (Lipinski definition) is 1. The molecule has 3 heteroatoms. The van der Waals surface area contributed by atoms with Crippen LogP contribution in [0.5, 0.6) is 0 Å². The van der Waals surface area contributed by atoms with Crippen LogP contribution in [0.2, 0.25) is 0 Å². The first-order chi connectivity index (χ1) is 10.9. The number of hydrogen-bond acceptors (Lipinski definition) is 2. The maximum Gasteiger partial charge on any atom is 0.255 e. The molecule has 1 N–H and O–H groups in total. The molecular formula is C20H20N2O. The molecule has 0 unspecified atom stereocenters. The topological polar surface area (TPSA) is 42.0 Å². The van der Waals surface area contributed by atoms with Gasteiger partial charge in [0.05, 0.1) is 0 Å². The average molecular weight is 304 g/mol. The Morgan fingerprint density at radius 1 is 0.957 bits per heavy atom. The van der Waals surface area contributed by atoms with Gasteiger partial charge in [-0.2, -0.15) is 0 Å². The number of nitrogens with zero attached hydrogens (tertiary/aromatic N) is 1. The van der Waals surface area contributed by atoms with Crippen LogP contribution >= 0.6 is 0 Å². The second-order valence-electron chi connectivity index (χ2n) is 6.70. The van der Waals surface area contributed by atoms with Crippen LogP contribution in [-0.2, 0) is 5.41 Å². The molecule has 1 heterocycles. The van der Waals surface area contributed by atoms with Crippen LogP contribution in [0.1, 0.15) is 36.8 Å². The third-order valence-corrected chi connectivity index (χ3v) is 3.80. The minimum atomic E-state index is -0.117. The van der Waals surface area contributed by atoms with Crippen LogP contribution in [0.3, 0.4) is 0 Å². The fourth-order valence-corrected chi connectivity index (χ4v) is 2.45. The molecule has 0 fully saturated rings. The lowest BCUT2D eigenvalue weighted by Crippen LogP contribution is -2.17. The molecule has 0 saturated heterocycles. The van der Waals surface area contributed by atoms with E-state index in [9.17, 15) is 4.79 Å². The van der Waals surface area contributed by atoms with Gasteiger partial charge in [-0.25, -0.2) is 0 Å². The maximum atomic E-state index is 12.5. The molecule has 0 aliphatic heterocycles. The van der Waals surface area contributed by atoms with Crippen LogP contribution < -0.4 is 5.32 Å². The molecule has 2 aromatic carbocycles. The van der Waals surface area contributed by atoms with Gasteiger partial charge in [-0.05, 0) is 35.0 Å². The monoisotopic (exact) mass is 304 g/mol. The smallest absolute Gasteiger partial charge is 0.255 e. The molecule has 3 nitrogen and oxygen atoms in total. The van der Waals surface area contributed by atoms with Gasteiger partial charge < -0.3 is 5.32 Å². The number of aromatic nitrogens is 1. The number of fused-ring (bicyclic) bond motifs is 1. The molecule has 0 atom stereocenters. The standard InChI is InChI=1S/C20H20N2O/c1-20(2,3)18-13-16(10-11-21-18)19(23)22-17-9-8-14-6-4-5-7-15(14)12-17/h4-13H,1-3H3,(H,22,23). The quantitative estimate of drug-likeness (QED) is 0.740. The van der Waals surface area contributed by atoms with E-state index in [1.54, 1.807) is 12.3 Å². The highest BCUT2D eigenvalue weighted by atomic mass is 16.1. The fourth-order valence-electron chi connectivity index (χ4n) is 2.45. The molecule has 23 heavy (non-hydrogen) atoms. The first kappa shape index (κ1) is 15.2. The number of rotatable bonds is 2. The molecule has 0 saturated carbocycles. The molecule has 3 aromatic rings. The molecule has 0 radical (unpaired) electrons. The molecule has 0 bridgehead atoms. The number of pyridine rings is 1. The predicted molar refractivity (Wildman–Crippen MR) is 94.8 cm³/mol. The van der Waals surface area contributed by atoms with E-state index < -0.39 is 0 Å². The highest BCUT2D eigenvalue weighted by Crippen LogP contribution is 2.22. The summed E-state index contributed by atoms with van der Waals surface area (Å²) in [6.45, 7) is 6.25. The summed E-state index contributed by atoms with van der Waals surface area (Å²) in [6, 6.07) is 17.6. The largest absolute Gasteiger partial charge is 0.322 e. The minimum Gasteiger partial charge on any atom is -0.322 e. The zero-order valence-corrected chi connectivity index (χ0v) is 13.6. The van der Waals surface area contributed by atoms with E-state index in [2.05, 4.69) is 37.1 Å². The van der Waals surface area contributed by atoms with Gasteiger partial charge in [0.25, 0.3) is 5.91 Å². The van der Waals surface area contributed by atoms with Crippen molar-refractivity contribution in [3.8, 4) is 0 Å². The average Bonchev–Trinajstić information content (AvgIpc) is 2.54. The number of nitrogens with one attached hydrogen (secondary N) is 1. The fraction of sp³-hybridized carbons (Fsp3) is 0.200. The predicted octanol–water partition coefficient (Wildman–Crippen LogP) is 4.78. The summed E-state index contributed by atoms with van der Waals surface area (Å²) in [5.74, 6) is -0.117. The molecule has 0 aliphatic rings. The summed E-state index contributed by atoms with van der Waals surface area (Å²) in [6.07, 6.45) is 1.69. The zero-order valence-electron chi connectivity index (χ0n) is 13.6. The Kier molecular flexibility index (Phi) is 3.87. The Balaban J connectivity index is 1.86. The molecule has 3 rings (SSSR count). The van der Waals surface area contributed by atoms with E-state index in [0.29, 0.717) is 5.56 Å². The van der Waals surface area contributed by atoms with Crippen LogP contribution in [0.4, 0.5) is 5.69 Å². The van der Waals surface area contributed by atoms with Crippen LogP contribution in [-0.4, -0.2) is 10.9 Å². The molecule has 1 aromatic heterocycles. The van der Waals surface area contributed by atoms with E-state index in [-0.39, 0.29) is 11.3 Å². The maximum absolute atomic E-state index is 12.5. The van der Waals surface area contributed by atoms with Crippen molar-refractivity contribution in [2.24, 2.45) is 0 Å². The van der Waals surface area contributed by atoms with Crippen molar-refractivity contribution in [2.75, 3.05) is 5.32 Å². The third kappa shape index (κ3) is 3.39.